The predicted octanol–water partition coefficient (Wildman–Crippen LogP) is 8.23. The summed E-state index contributed by atoms with van der Waals surface area (Å²) < 4.78 is 3.68. The lowest BCUT2D eigenvalue weighted by Gasteiger charge is -2.10. The SMILES string of the molecule is Brc1cc(Nc2ccc(-c3ccccc3)cc2)c2sc3ccccc3c2c1. The molecule has 0 amide bonds. The summed E-state index contributed by atoms with van der Waals surface area (Å²) in [4.78, 5) is 0. The third kappa shape index (κ3) is 3.14. The number of anilines is 2. The van der Waals surface area contributed by atoms with Gasteiger partial charge in [-0.05, 0) is 41.5 Å². The summed E-state index contributed by atoms with van der Waals surface area (Å²) in [5.74, 6) is 0. The van der Waals surface area contributed by atoms with Gasteiger partial charge in [0, 0.05) is 25.6 Å². The first-order valence-electron chi connectivity index (χ1n) is 8.81. The zero-order chi connectivity index (χ0) is 18.2. The topological polar surface area (TPSA) is 12.0 Å². The van der Waals surface area contributed by atoms with E-state index in [1.165, 1.54) is 31.3 Å². The molecule has 0 aliphatic carbocycles. The van der Waals surface area contributed by atoms with Crippen LogP contribution < -0.4 is 5.32 Å². The highest BCUT2D eigenvalue weighted by atomic mass is 79.9. The Labute approximate surface area is 170 Å². The van der Waals surface area contributed by atoms with Gasteiger partial charge in [0.15, 0.2) is 0 Å². The van der Waals surface area contributed by atoms with Crippen molar-refractivity contribution in [2.24, 2.45) is 0 Å². The number of thiophene rings is 1. The van der Waals surface area contributed by atoms with Crippen LogP contribution in [0.2, 0.25) is 0 Å². The maximum absolute atomic E-state index is 3.67. The van der Waals surface area contributed by atoms with Crippen molar-refractivity contribution in [2.75, 3.05) is 5.32 Å². The molecule has 1 N–H and O–H groups in total. The number of benzene rings is 4. The Bertz CT molecular complexity index is 1240. The van der Waals surface area contributed by atoms with Crippen molar-refractivity contribution in [3.8, 4) is 11.1 Å². The van der Waals surface area contributed by atoms with Gasteiger partial charge in [-0.1, -0.05) is 76.6 Å². The van der Waals surface area contributed by atoms with E-state index in [0.29, 0.717) is 0 Å². The fourth-order valence-electron chi connectivity index (χ4n) is 3.42. The normalized spacial score (nSPS) is 11.1. The molecule has 0 saturated carbocycles. The summed E-state index contributed by atoms with van der Waals surface area (Å²) in [6, 6.07) is 32.0. The minimum Gasteiger partial charge on any atom is -0.354 e. The van der Waals surface area contributed by atoms with Gasteiger partial charge in [-0.15, -0.1) is 11.3 Å². The molecule has 1 nitrogen and oxygen atoms in total. The lowest BCUT2D eigenvalue weighted by atomic mass is 10.1. The molecular weight excluding hydrogens is 414 g/mol. The van der Waals surface area contributed by atoms with Gasteiger partial charge in [0.1, 0.15) is 0 Å². The molecule has 0 radical (unpaired) electrons. The monoisotopic (exact) mass is 429 g/mol. The Morgan fingerprint density at radius 3 is 2.19 bits per heavy atom. The van der Waals surface area contributed by atoms with E-state index >= 15 is 0 Å². The Kier molecular flexibility index (Phi) is 4.19. The summed E-state index contributed by atoms with van der Waals surface area (Å²) in [7, 11) is 0. The fraction of sp³-hybridized carbons (Fsp3) is 0. The van der Waals surface area contributed by atoms with Crippen molar-refractivity contribution in [3.63, 3.8) is 0 Å². The van der Waals surface area contributed by atoms with Gasteiger partial charge < -0.3 is 5.32 Å². The van der Waals surface area contributed by atoms with Crippen LogP contribution in [0, 0.1) is 0 Å². The molecule has 4 aromatic carbocycles. The maximum atomic E-state index is 3.67. The molecular formula is C24H16BrNS. The van der Waals surface area contributed by atoms with Gasteiger partial charge >= 0.3 is 0 Å². The Morgan fingerprint density at radius 2 is 1.37 bits per heavy atom. The van der Waals surface area contributed by atoms with Crippen molar-refractivity contribution in [3.05, 3.63) is 95.5 Å². The van der Waals surface area contributed by atoms with Crippen LogP contribution in [0.1, 0.15) is 0 Å². The number of rotatable bonds is 3. The van der Waals surface area contributed by atoms with Crippen molar-refractivity contribution in [1.29, 1.82) is 0 Å². The molecule has 130 valence electrons. The molecule has 5 rings (SSSR count). The molecule has 0 atom stereocenters. The molecule has 0 bridgehead atoms. The molecule has 0 fully saturated rings. The summed E-state index contributed by atoms with van der Waals surface area (Å²) in [6.45, 7) is 0. The molecule has 5 aromatic rings. The molecule has 0 aliphatic heterocycles. The van der Waals surface area contributed by atoms with Crippen LogP contribution >= 0.6 is 27.3 Å². The molecule has 27 heavy (non-hydrogen) atoms. The zero-order valence-electron chi connectivity index (χ0n) is 14.4. The summed E-state index contributed by atoms with van der Waals surface area (Å²) in [5, 5.41) is 6.20. The van der Waals surface area contributed by atoms with E-state index in [4.69, 9.17) is 0 Å². The maximum Gasteiger partial charge on any atom is 0.0591 e. The van der Waals surface area contributed by atoms with Crippen molar-refractivity contribution < 1.29 is 0 Å². The van der Waals surface area contributed by atoms with E-state index in [9.17, 15) is 0 Å². The smallest absolute Gasteiger partial charge is 0.0591 e. The third-order valence-corrected chi connectivity index (χ3v) is 6.39. The van der Waals surface area contributed by atoms with E-state index in [1.54, 1.807) is 0 Å². The first-order chi connectivity index (χ1) is 13.3. The molecule has 3 heteroatoms. The van der Waals surface area contributed by atoms with E-state index in [1.807, 2.05) is 17.4 Å². The first kappa shape index (κ1) is 16.5. The van der Waals surface area contributed by atoms with Crippen LogP contribution in [-0.4, -0.2) is 0 Å². The Morgan fingerprint density at radius 1 is 0.667 bits per heavy atom. The number of halogens is 1. The van der Waals surface area contributed by atoms with Crippen LogP contribution in [0.4, 0.5) is 11.4 Å². The first-order valence-corrected chi connectivity index (χ1v) is 10.4. The second-order valence-electron chi connectivity index (χ2n) is 6.50. The van der Waals surface area contributed by atoms with Crippen LogP contribution in [0.5, 0.6) is 0 Å². The second kappa shape index (κ2) is 6.84. The lowest BCUT2D eigenvalue weighted by molar-refractivity contribution is 1.56. The summed E-state index contributed by atoms with van der Waals surface area (Å²) in [5.41, 5.74) is 4.68. The fourth-order valence-corrected chi connectivity index (χ4v) is 5.03. The van der Waals surface area contributed by atoms with E-state index < -0.39 is 0 Å². The van der Waals surface area contributed by atoms with E-state index in [0.717, 1.165) is 15.8 Å². The van der Waals surface area contributed by atoms with Gasteiger partial charge in [0.05, 0.1) is 10.4 Å². The largest absolute Gasteiger partial charge is 0.354 e. The quantitative estimate of drug-likeness (QED) is 0.304. The standard InChI is InChI=1S/C24H16BrNS/c25-18-14-21-20-8-4-5-9-23(20)27-24(21)22(15-18)26-19-12-10-17(11-13-19)16-6-2-1-3-7-16/h1-15,26H. The number of fused-ring (bicyclic) bond motifs is 3. The number of hydrogen-bond acceptors (Lipinski definition) is 2. The average Bonchev–Trinajstić information content (AvgIpc) is 3.08. The van der Waals surface area contributed by atoms with Gasteiger partial charge in [-0.25, -0.2) is 0 Å². The second-order valence-corrected chi connectivity index (χ2v) is 8.46. The number of hydrogen-bond donors (Lipinski definition) is 1. The Hall–Kier alpha value is -2.62. The Balaban J connectivity index is 1.54. The molecule has 0 aliphatic rings. The van der Waals surface area contributed by atoms with E-state index in [-0.39, 0.29) is 0 Å². The van der Waals surface area contributed by atoms with Crippen LogP contribution in [0.25, 0.3) is 31.3 Å². The lowest BCUT2D eigenvalue weighted by Crippen LogP contribution is -1.90. The van der Waals surface area contributed by atoms with Gasteiger partial charge in [-0.2, -0.15) is 0 Å². The van der Waals surface area contributed by atoms with Crippen molar-refractivity contribution in [2.45, 2.75) is 0 Å². The highest BCUT2D eigenvalue weighted by Crippen LogP contribution is 2.41. The van der Waals surface area contributed by atoms with Crippen LogP contribution in [-0.2, 0) is 0 Å². The van der Waals surface area contributed by atoms with Gasteiger partial charge in [0.25, 0.3) is 0 Å². The van der Waals surface area contributed by atoms with Gasteiger partial charge in [0.2, 0.25) is 0 Å². The van der Waals surface area contributed by atoms with Crippen LogP contribution in [0.15, 0.2) is 95.5 Å². The van der Waals surface area contributed by atoms with E-state index in [2.05, 4.69) is 106 Å². The van der Waals surface area contributed by atoms with Gasteiger partial charge in [-0.3, -0.25) is 0 Å². The molecule has 0 spiro atoms. The minimum absolute atomic E-state index is 1.09. The molecule has 0 unspecified atom stereocenters. The minimum atomic E-state index is 1.09. The summed E-state index contributed by atoms with van der Waals surface area (Å²) >= 11 is 5.51. The van der Waals surface area contributed by atoms with Crippen molar-refractivity contribution >= 4 is 58.8 Å². The third-order valence-electron chi connectivity index (χ3n) is 4.71. The molecule has 1 aromatic heterocycles. The van der Waals surface area contributed by atoms with Crippen LogP contribution in [0.3, 0.4) is 0 Å². The highest BCUT2D eigenvalue weighted by Gasteiger charge is 2.10. The average molecular weight is 430 g/mol. The predicted molar refractivity (Wildman–Crippen MR) is 122 cm³/mol. The highest BCUT2D eigenvalue weighted by molar-refractivity contribution is 9.10. The van der Waals surface area contributed by atoms with Crippen molar-refractivity contribution in [1.82, 2.24) is 0 Å². The zero-order valence-corrected chi connectivity index (χ0v) is 16.8. The summed E-state index contributed by atoms with van der Waals surface area (Å²) in [6.07, 6.45) is 0. The molecule has 0 saturated heterocycles. The number of nitrogens with one attached hydrogen (secondary N) is 1. The molecule has 1 heterocycles.